The molecule has 0 unspecified atom stereocenters. The number of aryl methyl sites for hydroxylation is 1. The molecule has 1 saturated heterocycles. The van der Waals surface area contributed by atoms with E-state index in [0.717, 1.165) is 50.4 Å². The molecule has 1 N–H and O–H groups in total. The van der Waals surface area contributed by atoms with E-state index in [1.165, 1.54) is 0 Å². The van der Waals surface area contributed by atoms with Crippen LogP contribution in [0.3, 0.4) is 0 Å². The largest absolute Gasteiger partial charge is 0.508 e. The minimum absolute atomic E-state index is 0.433. The van der Waals surface area contributed by atoms with Crippen LogP contribution in [-0.2, 0) is 6.42 Å². The van der Waals surface area contributed by atoms with Crippen molar-refractivity contribution in [1.82, 2.24) is 4.90 Å². The maximum Gasteiger partial charge on any atom is 0.120 e. The summed E-state index contributed by atoms with van der Waals surface area (Å²) in [5.74, 6) is 0.433. The third kappa shape index (κ3) is 2.72. The standard InChI is InChI=1S/C14H22N2O/c1-3-12-5-6-13(11-14(12)17)16-9-7-15(4-2)8-10-16/h5-6,11,17H,3-4,7-10H2,1-2H3. The maximum absolute atomic E-state index is 9.88. The molecule has 3 nitrogen and oxygen atoms in total. The number of phenolic OH excluding ortho intramolecular Hbond substituents is 1. The molecule has 1 heterocycles. The van der Waals surface area contributed by atoms with Gasteiger partial charge in [0.25, 0.3) is 0 Å². The molecule has 17 heavy (non-hydrogen) atoms. The van der Waals surface area contributed by atoms with Gasteiger partial charge in [-0.3, -0.25) is 0 Å². The molecule has 0 radical (unpaired) electrons. The summed E-state index contributed by atoms with van der Waals surface area (Å²) in [6, 6.07) is 6.07. The third-order valence-corrected chi connectivity index (χ3v) is 3.63. The fraction of sp³-hybridized carbons (Fsp3) is 0.571. The fourth-order valence-corrected chi connectivity index (χ4v) is 2.37. The first-order valence-electron chi connectivity index (χ1n) is 6.53. The summed E-state index contributed by atoms with van der Waals surface area (Å²) in [7, 11) is 0. The van der Waals surface area contributed by atoms with Crippen LogP contribution in [0.5, 0.6) is 5.75 Å². The molecule has 1 aliphatic heterocycles. The summed E-state index contributed by atoms with van der Waals surface area (Å²) in [6.07, 6.45) is 0.885. The first kappa shape index (κ1) is 12.2. The second-order valence-corrected chi connectivity index (χ2v) is 4.59. The van der Waals surface area contributed by atoms with Crippen LogP contribution in [0.25, 0.3) is 0 Å². The molecule has 0 aliphatic carbocycles. The Kier molecular flexibility index (Phi) is 3.89. The van der Waals surface area contributed by atoms with Gasteiger partial charge in [0.15, 0.2) is 0 Å². The minimum Gasteiger partial charge on any atom is -0.508 e. The molecule has 1 aromatic rings. The number of hydrogen-bond acceptors (Lipinski definition) is 3. The van der Waals surface area contributed by atoms with Crippen molar-refractivity contribution in [2.75, 3.05) is 37.6 Å². The highest BCUT2D eigenvalue weighted by Crippen LogP contribution is 2.25. The summed E-state index contributed by atoms with van der Waals surface area (Å²) in [5, 5.41) is 9.88. The van der Waals surface area contributed by atoms with E-state index in [2.05, 4.69) is 29.7 Å². The summed E-state index contributed by atoms with van der Waals surface area (Å²) in [6.45, 7) is 9.75. The first-order chi connectivity index (χ1) is 8.24. The van der Waals surface area contributed by atoms with Crippen LogP contribution in [0.2, 0.25) is 0 Å². The van der Waals surface area contributed by atoms with Crippen LogP contribution in [0.1, 0.15) is 19.4 Å². The quantitative estimate of drug-likeness (QED) is 0.867. The van der Waals surface area contributed by atoms with Crippen molar-refractivity contribution >= 4 is 5.69 Å². The highest BCUT2D eigenvalue weighted by Gasteiger charge is 2.16. The Morgan fingerprint density at radius 3 is 2.35 bits per heavy atom. The van der Waals surface area contributed by atoms with Gasteiger partial charge < -0.3 is 14.9 Å². The number of piperazine rings is 1. The van der Waals surface area contributed by atoms with E-state index in [-0.39, 0.29) is 0 Å². The molecule has 0 atom stereocenters. The van der Waals surface area contributed by atoms with Gasteiger partial charge in [0.2, 0.25) is 0 Å². The summed E-state index contributed by atoms with van der Waals surface area (Å²) in [5.41, 5.74) is 2.18. The third-order valence-electron chi connectivity index (χ3n) is 3.63. The lowest BCUT2D eigenvalue weighted by Gasteiger charge is -2.35. The summed E-state index contributed by atoms with van der Waals surface area (Å²) >= 11 is 0. The number of anilines is 1. The van der Waals surface area contributed by atoms with E-state index in [9.17, 15) is 5.11 Å². The van der Waals surface area contributed by atoms with Crippen LogP contribution in [0.15, 0.2) is 18.2 Å². The number of benzene rings is 1. The predicted molar refractivity (Wildman–Crippen MR) is 71.8 cm³/mol. The monoisotopic (exact) mass is 234 g/mol. The van der Waals surface area contributed by atoms with Gasteiger partial charge in [-0.25, -0.2) is 0 Å². The van der Waals surface area contributed by atoms with Crippen molar-refractivity contribution in [3.8, 4) is 5.75 Å². The highest BCUT2D eigenvalue weighted by molar-refractivity contribution is 5.53. The number of likely N-dealkylation sites (N-methyl/N-ethyl adjacent to an activating group) is 1. The van der Waals surface area contributed by atoms with Gasteiger partial charge in [0.05, 0.1) is 0 Å². The molecule has 0 bridgehead atoms. The minimum atomic E-state index is 0.433. The molecular formula is C14H22N2O. The molecule has 3 heteroatoms. The zero-order chi connectivity index (χ0) is 12.3. The van der Waals surface area contributed by atoms with Crippen molar-refractivity contribution in [3.05, 3.63) is 23.8 Å². The predicted octanol–water partition coefficient (Wildman–Crippen LogP) is 2.10. The van der Waals surface area contributed by atoms with Crippen LogP contribution in [0.4, 0.5) is 5.69 Å². The SMILES string of the molecule is CCc1ccc(N2CCN(CC)CC2)cc1O. The Labute approximate surface area is 104 Å². The van der Waals surface area contributed by atoms with Crippen molar-refractivity contribution in [2.45, 2.75) is 20.3 Å². The zero-order valence-electron chi connectivity index (χ0n) is 10.8. The molecular weight excluding hydrogens is 212 g/mol. The van der Waals surface area contributed by atoms with Gasteiger partial charge in [-0.1, -0.05) is 19.9 Å². The normalized spacial score (nSPS) is 17.4. The van der Waals surface area contributed by atoms with Gasteiger partial charge in [0, 0.05) is 37.9 Å². The molecule has 1 aliphatic rings. The smallest absolute Gasteiger partial charge is 0.120 e. The van der Waals surface area contributed by atoms with Crippen LogP contribution >= 0.6 is 0 Å². The first-order valence-corrected chi connectivity index (χ1v) is 6.53. The Balaban J connectivity index is 2.06. The van der Waals surface area contributed by atoms with E-state index < -0.39 is 0 Å². The Hall–Kier alpha value is -1.22. The van der Waals surface area contributed by atoms with Gasteiger partial charge in [0.1, 0.15) is 5.75 Å². The summed E-state index contributed by atoms with van der Waals surface area (Å²) in [4.78, 5) is 4.81. The number of aromatic hydroxyl groups is 1. The van der Waals surface area contributed by atoms with Crippen molar-refractivity contribution in [2.24, 2.45) is 0 Å². The zero-order valence-corrected chi connectivity index (χ0v) is 10.8. The average Bonchev–Trinajstić information content (AvgIpc) is 2.39. The topological polar surface area (TPSA) is 26.7 Å². The summed E-state index contributed by atoms with van der Waals surface area (Å²) < 4.78 is 0. The fourth-order valence-electron chi connectivity index (χ4n) is 2.37. The van der Waals surface area contributed by atoms with Gasteiger partial charge in [-0.2, -0.15) is 0 Å². The van der Waals surface area contributed by atoms with Crippen molar-refractivity contribution < 1.29 is 5.11 Å². The van der Waals surface area contributed by atoms with E-state index in [0.29, 0.717) is 5.75 Å². The van der Waals surface area contributed by atoms with E-state index in [1.807, 2.05) is 12.1 Å². The second-order valence-electron chi connectivity index (χ2n) is 4.59. The molecule has 2 rings (SSSR count). The van der Waals surface area contributed by atoms with E-state index in [4.69, 9.17) is 0 Å². The molecule has 94 valence electrons. The number of nitrogens with zero attached hydrogens (tertiary/aromatic N) is 2. The highest BCUT2D eigenvalue weighted by atomic mass is 16.3. The Morgan fingerprint density at radius 1 is 1.12 bits per heavy atom. The van der Waals surface area contributed by atoms with Crippen molar-refractivity contribution in [3.63, 3.8) is 0 Å². The second kappa shape index (κ2) is 5.41. The number of hydrogen-bond donors (Lipinski definition) is 1. The van der Waals surface area contributed by atoms with Gasteiger partial charge >= 0.3 is 0 Å². The Morgan fingerprint density at radius 2 is 1.82 bits per heavy atom. The number of rotatable bonds is 3. The molecule has 0 saturated carbocycles. The molecule has 0 amide bonds. The Bertz CT molecular complexity index is 370. The van der Waals surface area contributed by atoms with E-state index in [1.54, 1.807) is 0 Å². The van der Waals surface area contributed by atoms with Crippen LogP contribution < -0.4 is 4.90 Å². The lowest BCUT2D eigenvalue weighted by molar-refractivity contribution is 0.271. The molecule has 1 aromatic carbocycles. The lowest BCUT2D eigenvalue weighted by Crippen LogP contribution is -2.46. The van der Waals surface area contributed by atoms with E-state index >= 15 is 0 Å². The van der Waals surface area contributed by atoms with Gasteiger partial charge in [-0.05, 0) is 24.6 Å². The molecule has 0 spiro atoms. The molecule has 1 fully saturated rings. The van der Waals surface area contributed by atoms with Crippen LogP contribution in [0, 0.1) is 0 Å². The number of phenols is 1. The average molecular weight is 234 g/mol. The maximum atomic E-state index is 9.88. The van der Waals surface area contributed by atoms with Crippen molar-refractivity contribution in [1.29, 1.82) is 0 Å². The molecule has 0 aromatic heterocycles. The lowest BCUT2D eigenvalue weighted by atomic mass is 10.1. The van der Waals surface area contributed by atoms with Gasteiger partial charge in [-0.15, -0.1) is 0 Å². The van der Waals surface area contributed by atoms with Crippen LogP contribution in [-0.4, -0.2) is 42.7 Å².